The zero-order valence-electron chi connectivity index (χ0n) is 14.3. The van der Waals surface area contributed by atoms with E-state index in [2.05, 4.69) is 58.1 Å². The van der Waals surface area contributed by atoms with Gasteiger partial charge in [0.05, 0.1) is 6.26 Å². The van der Waals surface area contributed by atoms with E-state index in [4.69, 9.17) is 4.42 Å². The van der Waals surface area contributed by atoms with E-state index in [-0.39, 0.29) is 5.41 Å². The molecule has 0 atom stereocenters. The van der Waals surface area contributed by atoms with Gasteiger partial charge in [-0.25, -0.2) is 0 Å². The standard InChI is InChI=1S/C19H29NO/c1-18(2,3)13-19(4,5)15-7-8-17-16(11-15)14(12-21-17)9-10-20-6/h7-8,11-12,20H,9-10,13H2,1-6H3. The summed E-state index contributed by atoms with van der Waals surface area (Å²) >= 11 is 0. The van der Waals surface area contributed by atoms with E-state index in [0.717, 1.165) is 25.0 Å². The summed E-state index contributed by atoms with van der Waals surface area (Å²) in [5, 5.41) is 4.47. The molecular weight excluding hydrogens is 258 g/mol. The maximum atomic E-state index is 5.69. The molecule has 0 saturated carbocycles. The molecule has 2 rings (SSSR count). The van der Waals surface area contributed by atoms with E-state index in [1.165, 1.54) is 16.5 Å². The summed E-state index contributed by atoms with van der Waals surface area (Å²) < 4.78 is 5.69. The van der Waals surface area contributed by atoms with Gasteiger partial charge >= 0.3 is 0 Å². The second-order valence-electron chi connectivity index (χ2n) is 7.95. The summed E-state index contributed by atoms with van der Waals surface area (Å²) in [5.74, 6) is 0. The van der Waals surface area contributed by atoms with Gasteiger partial charge in [0, 0.05) is 5.39 Å². The molecule has 1 aromatic carbocycles. The van der Waals surface area contributed by atoms with E-state index in [1.54, 1.807) is 0 Å². The minimum absolute atomic E-state index is 0.171. The molecule has 0 unspecified atom stereocenters. The molecule has 2 nitrogen and oxygen atoms in total. The molecule has 0 spiro atoms. The molecule has 0 aliphatic carbocycles. The molecule has 1 aromatic heterocycles. The average Bonchev–Trinajstić information content (AvgIpc) is 2.75. The highest BCUT2D eigenvalue weighted by molar-refractivity contribution is 5.82. The Hall–Kier alpha value is -1.28. The summed E-state index contributed by atoms with van der Waals surface area (Å²) in [4.78, 5) is 0. The molecule has 0 radical (unpaired) electrons. The van der Waals surface area contributed by atoms with Crippen molar-refractivity contribution in [3.63, 3.8) is 0 Å². The molecule has 2 aromatic rings. The van der Waals surface area contributed by atoms with Gasteiger partial charge in [-0.1, -0.05) is 40.7 Å². The Kier molecular flexibility index (Phi) is 4.48. The van der Waals surface area contributed by atoms with Gasteiger partial charge in [0.2, 0.25) is 0 Å². The van der Waals surface area contributed by atoms with Gasteiger partial charge in [-0.15, -0.1) is 0 Å². The fourth-order valence-electron chi connectivity index (χ4n) is 3.38. The molecule has 0 amide bonds. The minimum Gasteiger partial charge on any atom is -0.464 e. The van der Waals surface area contributed by atoms with Gasteiger partial charge in [0.15, 0.2) is 0 Å². The summed E-state index contributed by atoms with van der Waals surface area (Å²) in [7, 11) is 1.99. The highest BCUT2D eigenvalue weighted by Gasteiger charge is 2.27. The normalized spacial score (nSPS) is 13.0. The second-order valence-corrected chi connectivity index (χ2v) is 7.95. The number of likely N-dealkylation sites (N-methyl/N-ethyl adjacent to an activating group) is 1. The van der Waals surface area contributed by atoms with Crippen LogP contribution < -0.4 is 5.32 Å². The second kappa shape index (κ2) is 5.84. The van der Waals surface area contributed by atoms with E-state index in [0.29, 0.717) is 5.41 Å². The maximum absolute atomic E-state index is 5.69. The number of nitrogens with one attached hydrogen (secondary N) is 1. The van der Waals surface area contributed by atoms with Crippen LogP contribution in [0.5, 0.6) is 0 Å². The Balaban J connectivity index is 2.36. The van der Waals surface area contributed by atoms with Gasteiger partial charge in [0.25, 0.3) is 0 Å². The molecule has 0 aliphatic rings. The van der Waals surface area contributed by atoms with Crippen LogP contribution in [0.2, 0.25) is 0 Å². The predicted octanol–water partition coefficient (Wildman–Crippen LogP) is 4.91. The van der Waals surface area contributed by atoms with Crippen LogP contribution in [0.4, 0.5) is 0 Å². The number of benzene rings is 1. The van der Waals surface area contributed by atoms with Crippen LogP contribution in [-0.2, 0) is 11.8 Å². The van der Waals surface area contributed by atoms with Crippen molar-refractivity contribution in [1.82, 2.24) is 5.32 Å². The van der Waals surface area contributed by atoms with Crippen LogP contribution in [0.15, 0.2) is 28.9 Å². The Bertz CT molecular complexity index is 602. The predicted molar refractivity (Wildman–Crippen MR) is 90.9 cm³/mol. The summed E-state index contributed by atoms with van der Waals surface area (Å²) in [5.41, 5.74) is 4.19. The topological polar surface area (TPSA) is 25.2 Å². The van der Waals surface area contributed by atoms with Crippen molar-refractivity contribution in [3.05, 3.63) is 35.6 Å². The van der Waals surface area contributed by atoms with Crippen LogP contribution in [0.1, 0.15) is 52.2 Å². The first-order valence-corrected chi connectivity index (χ1v) is 7.88. The van der Waals surface area contributed by atoms with Crippen molar-refractivity contribution >= 4 is 11.0 Å². The Morgan fingerprint density at radius 1 is 1.10 bits per heavy atom. The lowest BCUT2D eigenvalue weighted by atomic mass is 9.72. The third-order valence-electron chi connectivity index (χ3n) is 4.05. The highest BCUT2D eigenvalue weighted by atomic mass is 16.3. The molecule has 0 bridgehead atoms. The average molecular weight is 287 g/mol. The van der Waals surface area contributed by atoms with Crippen LogP contribution in [0.25, 0.3) is 11.0 Å². The van der Waals surface area contributed by atoms with E-state index in [1.807, 2.05) is 13.3 Å². The van der Waals surface area contributed by atoms with Crippen LogP contribution in [0, 0.1) is 5.41 Å². The van der Waals surface area contributed by atoms with Gasteiger partial charge in [0.1, 0.15) is 5.58 Å². The monoisotopic (exact) mass is 287 g/mol. The van der Waals surface area contributed by atoms with Crippen LogP contribution in [-0.4, -0.2) is 13.6 Å². The summed E-state index contributed by atoms with van der Waals surface area (Å²) in [6.45, 7) is 12.6. The fourth-order valence-corrected chi connectivity index (χ4v) is 3.38. The van der Waals surface area contributed by atoms with Crippen LogP contribution >= 0.6 is 0 Å². The van der Waals surface area contributed by atoms with Gasteiger partial charge in [-0.2, -0.15) is 0 Å². The molecule has 0 aliphatic heterocycles. The SMILES string of the molecule is CNCCc1coc2ccc(C(C)(C)CC(C)(C)C)cc12. The maximum Gasteiger partial charge on any atom is 0.134 e. The quantitative estimate of drug-likeness (QED) is 0.845. The van der Waals surface area contributed by atoms with Crippen molar-refractivity contribution in [1.29, 1.82) is 0 Å². The number of furan rings is 1. The molecule has 1 N–H and O–H groups in total. The molecule has 0 saturated heterocycles. The third-order valence-corrected chi connectivity index (χ3v) is 4.05. The van der Waals surface area contributed by atoms with E-state index in [9.17, 15) is 0 Å². The van der Waals surface area contributed by atoms with Gasteiger partial charge in [-0.05, 0) is 60.5 Å². The van der Waals surface area contributed by atoms with E-state index < -0.39 is 0 Å². The van der Waals surface area contributed by atoms with Crippen LogP contribution in [0.3, 0.4) is 0 Å². The molecule has 116 valence electrons. The smallest absolute Gasteiger partial charge is 0.134 e. The summed E-state index contributed by atoms with van der Waals surface area (Å²) in [6, 6.07) is 6.67. The number of hydrogen-bond donors (Lipinski definition) is 1. The molecule has 0 fully saturated rings. The number of fused-ring (bicyclic) bond motifs is 1. The first kappa shape index (κ1) is 16.1. The Morgan fingerprint density at radius 3 is 2.43 bits per heavy atom. The lowest BCUT2D eigenvalue weighted by Gasteiger charge is -2.33. The lowest BCUT2D eigenvalue weighted by molar-refractivity contribution is 0.284. The molecular formula is C19H29NO. The van der Waals surface area contributed by atoms with Crippen molar-refractivity contribution in [2.24, 2.45) is 5.41 Å². The molecule has 2 heteroatoms. The highest BCUT2D eigenvalue weighted by Crippen LogP contribution is 2.37. The number of rotatable bonds is 5. The zero-order valence-corrected chi connectivity index (χ0v) is 14.3. The fraction of sp³-hybridized carbons (Fsp3) is 0.579. The Labute approximate surface area is 128 Å². The minimum atomic E-state index is 0.171. The first-order valence-electron chi connectivity index (χ1n) is 7.88. The van der Waals surface area contributed by atoms with Gasteiger partial charge in [-0.3, -0.25) is 0 Å². The van der Waals surface area contributed by atoms with Crippen molar-refractivity contribution in [3.8, 4) is 0 Å². The molecule has 21 heavy (non-hydrogen) atoms. The largest absolute Gasteiger partial charge is 0.464 e. The zero-order chi connectivity index (χ0) is 15.7. The lowest BCUT2D eigenvalue weighted by Crippen LogP contribution is -2.24. The Morgan fingerprint density at radius 2 is 1.81 bits per heavy atom. The summed E-state index contributed by atoms with van der Waals surface area (Å²) in [6.07, 6.45) is 4.07. The third kappa shape index (κ3) is 3.88. The number of hydrogen-bond acceptors (Lipinski definition) is 2. The van der Waals surface area contributed by atoms with Gasteiger partial charge < -0.3 is 9.73 Å². The van der Waals surface area contributed by atoms with Crippen molar-refractivity contribution in [2.75, 3.05) is 13.6 Å². The van der Waals surface area contributed by atoms with Crippen molar-refractivity contribution in [2.45, 2.75) is 52.9 Å². The molecule has 1 heterocycles. The van der Waals surface area contributed by atoms with E-state index >= 15 is 0 Å². The first-order chi connectivity index (χ1) is 9.73. The van der Waals surface area contributed by atoms with Crippen molar-refractivity contribution < 1.29 is 4.42 Å².